The van der Waals surface area contributed by atoms with E-state index >= 15 is 0 Å². The van der Waals surface area contributed by atoms with E-state index in [4.69, 9.17) is 21.7 Å². The van der Waals surface area contributed by atoms with Gasteiger partial charge in [0.1, 0.15) is 24.7 Å². The van der Waals surface area contributed by atoms with E-state index in [2.05, 4.69) is 10.6 Å². The van der Waals surface area contributed by atoms with Gasteiger partial charge >= 0.3 is 0 Å². The zero-order valence-corrected chi connectivity index (χ0v) is 22.3. The van der Waals surface area contributed by atoms with Crippen molar-refractivity contribution in [3.05, 3.63) is 126 Å². The molecule has 4 rings (SSSR count). The van der Waals surface area contributed by atoms with E-state index in [0.717, 1.165) is 11.3 Å². The molecule has 0 atom stereocenters. The minimum atomic E-state index is -0.415. The Morgan fingerprint density at radius 2 is 1.46 bits per heavy atom. The van der Waals surface area contributed by atoms with Crippen molar-refractivity contribution in [3.8, 4) is 11.5 Å². The molecule has 2 amide bonds. The number of carbonyl (C=O) groups excluding carboxylic acids is 2. The van der Waals surface area contributed by atoms with Gasteiger partial charge in [0.2, 0.25) is 0 Å². The molecule has 0 heterocycles. The number of nitrogens with one attached hydrogen (secondary N) is 2. The third kappa shape index (κ3) is 8.15. The molecule has 0 aliphatic rings. The summed E-state index contributed by atoms with van der Waals surface area (Å²) in [6.45, 7) is 1.09. The molecule has 4 aromatic rings. The third-order valence-corrected chi connectivity index (χ3v) is 5.89. The Morgan fingerprint density at radius 1 is 0.795 bits per heavy atom. The SMILES string of the molecule is CN(Cc1ccccc1)C(=O)c1cccc(NC(=S)NC(=O)c2ccccc2OCCOc2ccccc2)c1. The topological polar surface area (TPSA) is 79.9 Å². The van der Waals surface area contributed by atoms with Gasteiger partial charge in [-0.3, -0.25) is 14.9 Å². The van der Waals surface area contributed by atoms with Crippen molar-refractivity contribution in [2.24, 2.45) is 0 Å². The number of benzene rings is 4. The molecular formula is C31H29N3O4S. The fourth-order valence-corrected chi connectivity index (χ4v) is 4.03. The molecule has 198 valence electrons. The standard InChI is InChI=1S/C31H29N3O4S/c1-34(22-23-11-4-2-5-12-23)30(36)24-13-10-14-25(21-24)32-31(39)33-29(35)27-17-8-9-18-28(27)38-20-19-37-26-15-6-3-7-16-26/h2-18,21H,19-20,22H2,1H3,(H2,32,33,35,39). The van der Waals surface area contributed by atoms with Crippen molar-refractivity contribution in [1.29, 1.82) is 0 Å². The molecule has 0 aliphatic carbocycles. The van der Waals surface area contributed by atoms with Crippen LogP contribution in [-0.4, -0.2) is 42.1 Å². The van der Waals surface area contributed by atoms with Crippen molar-refractivity contribution >= 4 is 34.8 Å². The van der Waals surface area contributed by atoms with Crippen LogP contribution in [0.1, 0.15) is 26.3 Å². The minimum absolute atomic E-state index is 0.101. The van der Waals surface area contributed by atoms with E-state index in [1.54, 1.807) is 60.5 Å². The van der Waals surface area contributed by atoms with Gasteiger partial charge in [-0.05, 0) is 60.2 Å². The third-order valence-electron chi connectivity index (χ3n) is 5.69. The molecule has 0 saturated carbocycles. The highest BCUT2D eigenvalue weighted by Crippen LogP contribution is 2.19. The molecule has 4 aromatic carbocycles. The van der Waals surface area contributed by atoms with Crippen LogP contribution >= 0.6 is 12.2 Å². The Labute approximate surface area is 233 Å². The van der Waals surface area contributed by atoms with Crippen LogP contribution in [0, 0.1) is 0 Å². The largest absolute Gasteiger partial charge is 0.490 e. The summed E-state index contributed by atoms with van der Waals surface area (Å²) in [5, 5.41) is 5.77. The van der Waals surface area contributed by atoms with Gasteiger partial charge in [-0.2, -0.15) is 0 Å². The number of carbonyl (C=O) groups is 2. The lowest BCUT2D eigenvalue weighted by Gasteiger charge is -2.18. The maximum atomic E-state index is 12.9. The summed E-state index contributed by atoms with van der Waals surface area (Å²) in [6.07, 6.45) is 0. The van der Waals surface area contributed by atoms with Gasteiger partial charge in [-0.25, -0.2) is 0 Å². The van der Waals surface area contributed by atoms with E-state index in [9.17, 15) is 9.59 Å². The number of thiocarbonyl (C=S) groups is 1. The average Bonchev–Trinajstić information content (AvgIpc) is 2.96. The zero-order valence-electron chi connectivity index (χ0n) is 21.5. The summed E-state index contributed by atoms with van der Waals surface area (Å²) >= 11 is 5.36. The molecule has 0 unspecified atom stereocenters. The van der Waals surface area contributed by atoms with Gasteiger partial charge in [0, 0.05) is 24.8 Å². The highest BCUT2D eigenvalue weighted by Gasteiger charge is 2.15. The van der Waals surface area contributed by atoms with Crippen LogP contribution in [0.15, 0.2) is 109 Å². The maximum absolute atomic E-state index is 12.9. The van der Waals surface area contributed by atoms with Crippen molar-refractivity contribution in [2.45, 2.75) is 6.54 Å². The van der Waals surface area contributed by atoms with Crippen LogP contribution < -0.4 is 20.1 Å². The quantitative estimate of drug-likeness (QED) is 0.203. The predicted molar refractivity (Wildman–Crippen MR) is 156 cm³/mol. The first-order valence-corrected chi connectivity index (χ1v) is 12.8. The van der Waals surface area contributed by atoms with Crippen molar-refractivity contribution in [2.75, 3.05) is 25.6 Å². The minimum Gasteiger partial charge on any atom is -0.490 e. The Balaban J connectivity index is 1.31. The second-order valence-electron chi connectivity index (χ2n) is 8.64. The summed E-state index contributed by atoms with van der Waals surface area (Å²) < 4.78 is 11.4. The number of amides is 2. The molecular weight excluding hydrogens is 510 g/mol. The zero-order chi connectivity index (χ0) is 27.5. The maximum Gasteiger partial charge on any atom is 0.261 e. The van der Waals surface area contributed by atoms with E-state index in [1.165, 1.54) is 0 Å². The van der Waals surface area contributed by atoms with Crippen LogP contribution in [0.4, 0.5) is 5.69 Å². The van der Waals surface area contributed by atoms with Gasteiger partial charge in [0.05, 0.1) is 5.56 Å². The number of rotatable bonds is 10. The van der Waals surface area contributed by atoms with Gasteiger partial charge < -0.3 is 19.7 Å². The lowest BCUT2D eigenvalue weighted by atomic mass is 10.1. The summed E-state index contributed by atoms with van der Waals surface area (Å²) in [5.41, 5.74) is 2.47. The average molecular weight is 540 g/mol. The first kappa shape index (κ1) is 27.3. The molecule has 0 aromatic heterocycles. The van der Waals surface area contributed by atoms with Crippen LogP contribution in [0.3, 0.4) is 0 Å². The lowest BCUT2D eigenvalue weighted by molar-refractivity contribution is 0.0785. The monoisotopic (exact) mass is 539 g/mol. The second kappa shape index (κ2) is 13.7. The molecule has 0 saturated heterocycles. The lowest BCUT2D eigenvalue weighted by Crippen LogP contribution is -2.34. The summed E-state index contributed by atoms with van der Waals surface area (Å²) in [4.78, 5) is 27.5. The Bertz CT molecular complexity index is 1410. The molecule has 0 fully saturated rings. The van der Waals surface area contributed by atoms with Gasteiger partial charge in [-0.1, -0.05) is 66.7 Å². The van der Waals surface area contributed by atoms with Gasteiger partial charge in [0.25, 0.3) is 11.8 Å². The van der Waals surface area contributed by atoms with E-state index in [0.29, 0.717) is 35.7 Å². The fraction of sp³-hybridized carbons (Fsp3) is 0.129. The molecule has 0 bridgehead atoms. The second-order valence-corrected chi connectivity index (χ2v) is 9.05. The number of anilines is 1. The molecule has 2 N–H and O–H groups in total. The van der Waals surface area contributed by atoms with Crippen molar-refractivity contribution in [1.82, 2.24) is 10.2 Å². The van der Waals surface area contributed by atoms with Gasteiger partial charge in [-0.15, -0.1) is 0 Å². The molecule has 39 heavy (non-hydrogen) atoms. The molecule has 0 aliphatic heterocycles. The normalized spacial score (nSPS) is 10.3. The first-order valence-electron chi connectivity index (χ1n) is 12.4. The van der Waals surface area contributed by atoms with E-state index < -0.39 is 5.91 Å². The van der Waals surface area contributed by atoms with Crippen molar-refractivity contribution in [3.63, 3.8) is 0 Å². The summed E-state index contributed by atoms with van der Waals surface area (Å²) in [7, 11) is 1.76. The van der Waals surface area contributed by atoms with Crippen LogP contribution in [0.2, 0.25) is 0 Å². The highest BCUT2D eigenvalue weighted by atomic mass is 32.1. The molecule has 0 radical (unpaired) electrons. The van der Waals surface area contributed by atoms with Gasteiger partial charge in [0.15, 0.2) is 5.11 Å². The van der Waals surface area contributed by atoms with Crippen LogP contribution in [0.5, 0.6) is 11.5 Å². The van der Waals surface area contributed by atoms with Crippen molar-refractivity contribution < 1.29 is 19.1 Å². The number of nitrogens with zero attached hydrogens (tertiary/aromatic N) is 1. The Hall–Kier alpha value is -4.69. The molecule has 8 heteroatoms. The van der Waals surface area contributed by atoms with Crippen LogP contribution in [0.25, 0.3) is 0 Å². The number of ether oxygens (including phenoxy) is 2. The molecule has 7 nitrogen and oxygen atoms in total. The molecule has 0 spiro atoms. The Kier molecular flexibility index (Phi) is 9.63. The van der Waals surface area contributed by atoms with E-state index in [-0.39, 0.29) is 17.6 Å². The highest BCUT2D eigenvalue weighted by molar-refractivity contribution is 7.80. The Morgan fingerprint density at radius 3 is 2.23 bits per heavy atom. The van der Waals surface area contributed by atoms with E-state index in [1.807, 2.05) is 60.7 Å². The smallest absolute Gasteiger partial charge is 0.261 e. The number of hydrogen-bond donors (Lipinski definition) is 2. The van der Waals surface area contributed by atoms with Crippen LogP contribution in [-0.2, 0) is 6.54 Å². The summed E-state index contributed by atoms with van der Waals surface area (Å²) in [5.74, 6) is 0.627. The first-order chi connectivity index (χ1) is 19.0. The summed E-state index contributed by atoms with van der Waals surface area (Å²) in [6, 6.07) is 33.1. The fourth-order valence-electron chi connectivity index (χ4n) is 3.82. The number of hydrogen-bond acceptors (Lipinski definition) is 5. The predicted octanol–water partition coefficient (Wildman–Crippen LogP) is 5.54. The number of para-hydroxylation sites is 2.